The van der Waals surface area contributed by atoms with E-state index in [2.05, 4.69) is 5.32 Å². The molecule has 0 bridgehead atoms. The average Bonchev–Trinajstić information content (AvgIpc) is 2.83. The number of anilines is 1. The van der Waals surface area contributed by atoms with Crippen molar-refractivity contribution in [1.82, 2.24) is 0 Å². The summed E-state index contributed by atoms with van der Waals surface area (Å²) in [6, 6.07) is 16.4. The number of esters is 1. The molecule has 34 heavy (non-hydrogen) atoms. The highest BCUT2D eigenvalue weighted by atomic mass is 19.1. The summed E-state index contributed by atoms with van der Waals surface area (Å²) < 4.78 is 23.8. The zero-order chi connectivity index (χ0) is 24.7. The fourth-order valence-electron chi connectivity index (χ4n) is 2.84. The number of hydrogen-bond acceptors (Lipinski definition) is 7. The van der Waals surface area contributed by atoms with Crippen LogP contribution in [0.4, 0.5) is 15.8 Å². The van der Waals surface area contributed by atoms with E-state index < -0.39 is 22.6 Å². The Bertz CT molecular complexity index is 1350. The number of hydrogen-bond donors (Lipinski definition) is 1. The fourth-order valence-corrected chi connectivity index (χ4v) is 2.84. The first-order chi connectivity index (χ1) is 16.3. The molecule has 0 spiro atoms. The van der Waals surface area contributed by atoms with Crippen molar-refractivity contribution in [1.29, 1.82) is 5.26 Å². The van der Waals surface area contributed by atoms with Crippen LogP contribution >= 0.6 is 0 Å². The molecule has 0 atom stereocenters. The van der Waals surface area contributed by atoms with E-state index in [0.29, 0.717) is 5.56 Å². The number of rotatable bonds is 7. The smallest absolute Gasteiger partial charge is 0.343 e. The van der Waals surface area contributed by atoms with Crippen molar-refractivity contribution in [2.45, 2.75) is 0 Å². The van der Waals surface area contributed by atoms with Crippen molar-refractivity contribution in [2.75, 3.05) is 12.4 Å². The molecule has 0 aliphatic carbocycles. The van der Waals surface area contributed by atoms with Gasteiger partial charge in [-0.05, 0) is 48.0 Å². The van der Waals surface area contributed by atoms with Crippen molar-refractivity contribution in [3.63, 3.8) is 0 Å². The molecule has 0 aliphatic rings. The van der Waals surface area contributed by atoms with Crippen LogP contribution in [0, 0.1) is 27.3 Å². The molecule has 3 aromatic rings. The quantitative estimate of drug-likeness (QED) is 0.137. The van der Waals surface area contributed by atoms with Gasteiger partial charge in [0, 0.05) is 17.8 Å². The van der Waals surface area contributed by atoms with Crippen LogP contribution in [0.1, 0.15) is 15.9 Å². The monoisotopic (exact) mass is 461 g/mol. The Morgan fingerprint density at radius 1 is 1.09 bits per heavy atom. The summed E-state index contributed by atoms with van der Waals surface area (Å²) in [5.41, 5.74) is 0.0489. The second kappa shape index (κ2) is 10.5. The third kappa shape index (κ3) is 5.80. The molecule has 0 heterocycles. The zero-order valence-corrected chi connectivity index (χ0v) is 17.7. The Balaban J connectivity index is 1.80. The topological polar surface area (TPSA) is 132 Å². The number of amides is 1. The van der Waals surface area contributed by atoms with Crippen LogP contribution in [0.2, 0.25) is 0 Å². The Kier molecular flexibility index (Phi) is 7.31. The second-order valence-corrected chi connectivity index (χ2v) is 6.74. The molecule has 9 nitrogen and oxygen atoms in total. The van der Waals surface area contributed by atoms with Gasteiger partial charge in [-0.1, -0.05) is 18.2 Å². The molecule has 1 N–H and O–H groups in total. The number of nitriles is 1. The Hall–Kier alpha value is -5.04. The van der Waals surface area contributed by atoms with Crippen LogP contribution in [0.3, 0.4) is 0 Å². The van der Waals surface area contributed by atoms with Crippen molar-refractivity contribution < 1.29 is 28.4 Å². The van der Waals surface area contributed by atoms with Crippen molar-refractivity contribution in [3.8, 4) is 17.6 Å². The predicted molar refractivity (Wildman–Crippen MR) is 120 cm³/mol. The summed E-state index contributed by atoms with van der Waals surface area (Å²) in [5.74, 6) is -1.98. The fraction of sp³-hybridized carbons (Fsp3) is 0.0417. The highest BCUT2D eigenvalue weighted by Crippen LogP contribution is 2.30. The summed E-state index contributed by atoms with van der Waals surface area (Å²) >= 11 is 0. The lowest BCUT2D eigenvalue weighted by Gasteiger charge is -2.10. The van der Waals surface area contributed by atoms with E-state index >= 15 is 0 Å². The van der Waals surface area contributed by atoms with E-state index in [9.17, 15) is 29.4 Å². The van der Waals surface area contributed by atoms with Crippen molar-refractivity contribution in [3.05, 3.63) is 99.4 Å². The maximum absolute atomic E-state index is 13.3. The van der Waals surface area contributed by atoms with Gasteiger partial charge in [0.25, 0.3) is 11.6 Å². The van der Waals surface area contributed by atoms with E-state index in [0.717, 1.165) is 12.1 Å². The molecular weight excluding hydrogens is 445 g/mol. The van der Waals surface area contributed by atoms with Crippen LogP contribution < -0.4 is 14.8 Å². The summed E-state index contributed by atoms with van der Waals surface area (Å²) in [5, 5.41) is 22.7. The number of methoxy groups -OCH3 is 1. The van der Waals surface area contributed by atoms with Crippen molar-refractivity contribution >= 4 is 29.3 Å². The van der Waals surface area contributed by atoms with Gasteiger partial charge in [0.15, 0.2) is 11.5 Å². The van der Waals surface area contributed by atoms with Gasteiger partial charge in [0.05, 0.1) is 17.6 Å². The molecule has 0 fully saturated rings. The summed E-state index contributed by atoms with van der Waals surface area (Å²) in [7, 11) is 1.34. The van der Waals surface area contributed by atoms with Gasteiger partial charge < -0.3 is 14.8 Å². The lowest BCUT2D eigenvalue weighted by molar-refractivity contribution is -0.384. The molecule has 170 valence electrons. The predicted octanol–water partition coefficient (Wildman–Crippen LogP) is 4.51. The number of benzene rings is 3. The van der Waals surface area contributed by atoms with Crippen LogP contribution in [-0.2, 0) is 4.79 Å². The van der Waals surface area contributed by atoms with Gasteiger partial charge in [-0.15, -0.1) is 0 Å². The first kappa shape index (κ1) is 23.6. The van der Waals surface area contributed by atoms with Crippen LogP contribution in [0.15, 0.2) is 72.3 Å². The number of nitro groups is 1. The summed E-state index contributed by atoms with van der Waals surface area (Å²) in [6.07, 6.45) is 1.27. The number of ether oxygens (including phenoxy) is 2. The lowest BCUT2D eigenvalue weighted by Crippen LogP contribution is -2.13. The van der Waals surface area contributed by atoms with E-state index in [1.54, 1.807) is 6.07 Å². The molecule has 3 rings (SSSR count). The molecule has 0 saturated heterocycles. The molecule has 0 saturated carbocycles. The minimum absolute atomic E-state index is 0.00983. The molecule has 1 amide bonds. The first-order valence-electron chi connectivity index (χ1n) is 9.64. The Morgan fingerprint density at radius 2 is 1.85 bits per heavy atom. The number of nitrogens with zero attached hydrogens (tertiary/aromatic N) is 2. The molecular formula is C24H16FN3O6. The number of non-ortho nitro benzene ring substituents is 1. The average molecular weight is 461 g/mol. The number of carbonyl (C=O) groups is 2. The lowest BCUT2D eigenvalue weighted by atomic mass is 10.1. The zero-order valence-electron chi connectivity index (χ0n) is 17.7. The normalized spacial score (nSPS) is 10.7. The van der Waals surface area contributed by atoms with Gasteiger partial charge in [-0.25, -0.2) is 9.18 Å². The number of halogens is 1. The number of nitro benzene ring substituents is 1. The molecule has 0 aliphatic heterocycles. The van der Waals surface area contributed by atoms with Crippen LogP contribution in [0.5, 0.6) is 11.5 Å². The highest BCUT2D eigenvalue weighted by molar-refractivity contribution is 6.09. The van der Waals surface area contributed by atoms with Gasteiger partial charge in [-0.2, -0.15) is 5.26 Å². The molecule has 0 aromatic heterocycles. The van der Waals surface area contributed by atoms with Gasteiger partial charge >= 0.3 is 5.97 Å². The van der Waals surface area contributed by atoms with Crippen molar-refractivity contribution in [2.24, 2.45) is 0 Å². The maximum atomic E-state index is 13.3. The third-order valence-electron chi connectivity index (χ3n) is 4.44. The largest absolute Gasteiger partial charge is 0.493 e. The minimum atomic E-state index is -0.796. The van der Waals surface area contributed by atoms with E-state index in [-0.39, 0.29) is 34.0 Å². The molecule has 0 unspecified atom stereocenters. The molecule has 3 aromatic carbocycles. The first-order valence-corrected chi connectivity index (χ1v) is 9.64. The summed E-state index contributed by atoms with van der Waals surface area (Å²) in [4.78, 5) is 35.0. The Labute approximate surface area is 192 Å². The molecule has 10 heteroatoms. The SMILES string of the molecule is COc1cc(/C=C(\C#N)C(=O)Nc2cccc([N+](=O)[O-])c2)ccc1OC(=O)c1cccc(F)c1. The van der Waals surface area contributed by atoms with Gasteiger partial charge in [-0.3, -0.25) is 14.9 Å². The third-order valence-corrected chi connectivity index (χ3v) is 4.44. The standard InChI is InChI=1S/C24H16FN3O6/c1-33-22-11-15(8-9-21(22)34-24(30)16-4-2-5-18(25)12-16)10-17(14-26)23(29)27-19-6-3-7-20(13-19)28(31)32/h2-13H,1H3,(H,27,29)/b17-10+. The van der Waals surface area contributed by atoms with E-state index in [1.807, 2.05) is 0 Å². The second-order valence-electron chi connectivity index (χ2n) is 6.74. The highest BCUT2D eigenvalue weighted by Gasteiger charge is 2.15. The van der Waals surface area contributed by atoms with E-state index in [4.69, 9.17) is 9.47 Å². The summed E-state index contributed by atoms with van der Waals surface area (Å²) in [6.45, 7) is 0. The van der Waals surface area contributed by atoms with Gasteiger partial charge in [0.1, 0.15) is 17.5 Å². The minimum Gasteiger partial charge on any atom is -0.493 e. The van der Waals surface area contributed by atoms with Crippen LogP contribution in [0.25, 0.3) is 6.08 Å². The number of carbonyl (C=O) groups excluding carboxylic acids is 2. The molecule has 0 radical (unpaired) electrons. The Morgan fingerprint density at radius 3 is 2.53 bits per heavy atom. The van der Waals surface area contributed by atoms with Gasteiger partial charge in [0.2, 0.25) is 0 Å². The van der Waals surface area contributed by atoms with E-state index in [1.165, 1.54) is 67.8 Å². The maximum Gasteiger partial charge on any atom is 0.343 e. The number of nitrogens with one attached hydrogen (secondary N) is 1. The van der Waals surface area contributed by atoms with Crippen LogP contribution in [-0.4, -0.2) is 23.9 Å².